The van der Waals surface area contributed by atoms with Crippen LogP contribution in [0.15, 0.2) is 29.8 Å². The second kappa shape index (κ2) is 5.17. The van der Waals surface area contributed by atoms with Gasteiger partial charge in [0, 0.05) is 6.07 Å². The maximum Gasteiger partial charge on any atom is 0.275 e. The Morgan fingerprint density at radius 1 is 1.40 bits per heavy atom. The summed E-state index contributed by atoms with van der Waals surface area (Å²) in [7, 11) is 0. The first kappa shape index (κ1) is 13.0. The highest BCUT2D eigenvalue weighted by molar-refractivity contribution is 8.00. The average Bonchev–Trinajstić information content (AvgIpc) is 3.07. The van der Waals surface area contributed by atoms with Crippen LogP contribution in [0.1, 0.15) is 10.9 Å². The van der Waals surface area contributed by atoms with Crippen LogP contribution in [0, 0.1) is 10.1 Å². The van der Waals surface area contributed by atoms with Gasteiger partial charge in [-0.15, -0.1) is 22.0 Å². The number of nitro groups is 1. The maximum atomic E-state index is 12.0. The normalized spacial score (nSPS) is 18.5. The van der Waals surface area contributed by atoms with Crippen LogP contribution < -0.4 is 4.90 Å². The van der Waals surface area contributed by atoms with E-state index in [0.717, 1.165) is 0 Å². The molecule has 9 heteroatoms. The number of carbonyl (C=O) groups is 1. The lowest BCUT2D eigenvalue weighted by molar-refractivity contribution is -0.385. The van der Waals surface area contributed by atoms with Gasteiger partial charge in [-0.25, -0.2) is 0 Å². The minimum absolute atomic E-state index is 0.00853. The van der Waals surface area contributed by atoms with E-state index < -0.39 is 10.3 Å². The van der Waals surface area contributed by atoms with Crippen molar-refractivity contribution in [1.82, 2.24) is 10.2 Å². The van der Waals surface area contributed by atoms with Gasteiger partial charge < -0.3 is 0 Å². The van der Waals surface area contributed by atoms with Gasteiger partial charge in [-0.3, -0.25) is 19.8 Å². The standard InChI is InChI=1S/C11H8N4O3S2/c16-9-5-19-10(14(9)11-13-12-6-20-11)7-3-1-2-4-8(7)15(17)18/h1-4,6,10H,5H2/t10-/m0/s1. The molecule has 0 N–H and O–H groups in total. The molecular weight excluding hydrogens is 300 g/mol. The van der Waals surface area contributed by atoms with E-state index in [-0.39, 0.29) is 17.3 Å². The molecule has 1 saturated heterocycles. The molecule has 1 aromatic carbocycles. The summed E-state index contributed by atoms with van der Waals surface area (Å²) in [5, 5.41) is 18.8. The molecule has 102 valence electrons. The second-order valence-corrected chi connectivity index (χ2v) is 5.84. The van der Waals surface area contributed by atoms with E-state index in [1.807, 2.05) is 0 Å². The van der Waals surface area contributed by atoms with E-state index in [9.17, 15) is 14.9 Å². The van der Waals surface area contributed by atoms with E-state index in [1.165, 1.54) is 39.6 Å². The average molecular weight is 308 g/mol. The molecule has 2 aromatic rings. The highest BCUT2D eigenvalue weighted by atomic mass is 32.2. The third-order valence-electron chi connectivity index (χ3n) is 2.82. The van der Waals surface area contributed by atoms with Crippen molar-refractivity contribution in [3.63, 3.8) is 0 Å². The Bertz CT molecular complexity index is 661. The van der Waals surface area contributed by atoms with Crippen LogP contribution in [0.3, 0.4) is 0 Å². The predicted octanol–water partition coefficient (Wildman–Crippen LogP) is 2.22. The Balaban J connectivity index is 2.05. The molecule has 3 rings (SSSR count). The highest BCUT2D eigenvalue weighted by Crippen LogP contribution is 2.44. The quantitative estimate of drug-likeness (QED) is 0.638. The van der Waals surface area contributed by atoms with E-state index >= 15 is 0 Å². The van der Waals surface area contributed by atoms with Gasteiger partial charge in [0.2, 0.25) is 11.0 Å². The van der Waals surface area contributed by atoms with Gasteiger partial charge in [0.1, 0.15) is 10.9 Å². The number of hydrogen-bond acceptors (Lipinski definition) is 7. The first-order valence-electron chi connectivity index (χ1n) is 5.61. The number of benzene rings is 1. The Labute approximate surface area is 121 Å². The lowest BCUT2D eigenvalue weighted by atomic mass is 10.1. The zero-order valence-corrected chi connectivity index (χ0v) is 11.6. The summed E-state index contributed by atoms with van der Waals surface area (Å²) in [6.07, 6.45) is 0. The number of nitrogens with zero attached hydrogens (tertiary/aromatic N) is 4. The summed E-state index contributed by atoms with van der Waals surface area (Å²) in [6, 6.07) is 6.45. The fourth-order valence-corrected chi connectivity index (χ4v) is 3.85. The molecule has 7 nitrogen and oxygen atoms in total. The number of para-hydroxylation sites is 1. The number of rotatable bonds is 3. The number of thioether (sulfide) groups is 1. The van der Waals surface area contributed by atoms with Crippen molar-refractivity contribution < 1.29 is 9.72 Å². The molecule has 0 radical (unpaired) electrons. The van der Waals surface area contributed by atoms with Crippen LogP contribution in [-0.4, -0.2) is 26.8 Å². The molecule has 1 aliphatic rings. The van der Waals surface area contributed by atoms with Gasteiger partial charge >= 0.3 is 0 Å². The molecule has 0 unspecified atom stereocenters. The zero-order chi connectivity index (χ0) is 14.1. The summed E-state index contributed by atoms with van der Waals surface area (Å²) < 4.78 is 0. The van der Waals surface area contributed by atoms with Crippen molar-refractivity contribution in [2.75, 3.05) is 10.7 Å². The minimum Gasteiger partial charge on any atom is -0.273 e. The summed E-state index contributed by atoms with van der Waals surface area (Å²) in [6.45, 7) is 0. The Hall–Kier alpha value is -2.00. The predicted molar refractivity (Wildman–Crippen MR) is 75.7 cm³/mol. The zero-order valence-electron chi connectivity index (χ0n) is 10.0. The number of anilines is 1. The molecule has 0 aliphatic carbocycles. The molecule has 1 aromatic heterocycles. The van der Waals surface area contributed by atoms with Crippen LogP contribution >= 0.6 is 23.1 Å². The van der Waals surface area contributed by atoms with Crippen LogP contribution in [0.5, 0.6) is 0 Å². The molecular formula is C11H8N4O3S2. The van der Waals surface area contributed by atoms with Crippen molar-refractivity contribution in [1.29, 1.82) is 0 Å². The summed E-state index contributed by atoms with van der Waals surface area (Å²) in [5.41, 5.74) is 2.04. The molecule has 1 atom stereocenters. The monoisotopic (exact) mass is 308 g/mol. The molecule has 1 amide bonds. The molecule has 1 aliphatic heterocycles. The number of nitro benzene ring substituents is 1. The van der Waals surface area contributed by atoms with E-state index in [2.05, 4.69) is 10.2 Å². The molecule has 1 fully saturated rings. The van der Waals surface area contributed by atoms with Gasteiger partial charge in [-0.05, 0) is 6.07 Å². The maximum absolute atomic E-state index is 12.0. The first-order valence-corrected chi connectivity index (χ1v) is 7.54. The number of hydrogen-bond donors (Lipinski definition) is 0. The highest BCUT2D eigenvalue weighted by Gasteiger charge is 2.38. The Morgan fingerprint density at radius 2 is 2.20 bits per heavy atom. The minimum atomic E-state index is -0.434. The third kappa shape index (κ3) is 2.14. The largest absolute Gasteiger partial charge is 0.275 e. The lowest BCUT2D eigenvalue weighted by Gasteiger charge is -2.20. The molecule has 0 saturated carbocycles. The smallest absolute Gasteiger partial charge is 0.273 e. The van der Waals surface area contributed by atoms with Crippen LogP contribution in [0.2, 0.25) is 0 Å². The van der Waals surface area contributed by atoms with Gasteiger partial charge in [-0.1, -0.05) is 23.5 Å². The van der Waals surface area contributed by atoms with Crippen LogP contribution in [0.4, 0.5) is 10.8 Å². The van der Waals surface area contributed by atoms with Crippen molar-refractivity contribution in [3.05, 3.63) is 45.5 Å². The molecule has 2 heterocycles. The van der Waals surface area contributed by atoms with E-state index in [1.54, 1.807) is 18.2 Å². The van der Waals surface area contributed by atoms with Crippen molar-refractivity contribution in [2.24, 2.45) is 0 Å². The van der Waals surface area contributed by atoms with Gasteiger partial charge in [0.25, 0.3) is 5.69 Å². The second-order valence-electron chi connectivity index (χ2n) is 3.96. The van der Waals surface area contributed by atoms with Gasteiger partial charge in [0.15, 0.2) is 0 Å². The molecule has 0 bridgehead atoms. The lowest BCUT2D eigenvalue weighted by Crippen LogP contribution is -2.28. The molecule has 20 heavy (non-hydrogen) atoms. The Kier molecular flexibility index (Phi) is 3.36. The van der Waals surface area contributed by atoms with E-state index in [4.69, 9.17) is 0 Å². The number of carbonyl (C=O) groups excluding carboxylic acids is 1. The molecule has 0 spiro atoms. The fourth-order valence-electron chi connectivity index (χ4n) is 2.00. The number of aromatic nitrogens is 2. The van der Waals surface area contributed by atoms with Gasteiger partial charge in [-0.2, -0.15) is 0 Å². The van der Waals surface area contributed by atoms with Crippen molar-refractivity contribution in [3.8, 4) is 0 Å². The summed E-state index contributed by atoms with van der Waals surface area (Å²) in [5.74, 6) is 0.158. The SMILES string of the molecule is O=C1CS[C@@H](c2ccccc2[N+](=O)[O-])N1c1nncs1. The topological polar surface area (TPSA) is 89.2 Å². The Morgan fingerprint density at radius 3 is 2.90 bits per heavy atom. The van der Waals surface area contributed by atoms with Crippen LogP contribution in [0.25, 0.3) is 0 Å². The van der Waals surface area contributed by atoms with E-state index in [0.29, 0.717) is 10.7 Å². The summed E-state index contributed by atoms with van der Waals surface area (Å²) in [4.78, 5) is 24.2. The summed E-state index contributed by atoms with van der Waals surface area (Å²) >= 11 is 2.59. The third-order valence-corrected chi connectivity index (χ3v) is 4.70. The van der Waals surface area contributed by atoms with Gasteiger partial charge in [0.05, 0.1) is 16.2 Å². The van der Waals surface area contributed by atoms with Crippen LogP contribution in [-0.2, 0) is 4.79 Å². The fraction of sp³-hybridized carbons (Fsp3) is 0.182. The van der Waals surface area contributed by atoms with Crippen molar-refractivity contribution >= 4 is 39.8 Å². The number of amides is 1. The van der Waals surface area contributed by atoms with Crippen molar-refractivity contribution in [2.45, 2.75) is 5.37 Å². The first-order chi connectivity index (χ1) is 9.68.